The molecule has 0 N–H and O–H groups in total. The van der Waals surface area contributed by atoms with Crippen molar-refractivity contribution in [3.8, 4) is 11.5 Å². The fourth-order valence-electron chi connectivity index (χ4n) is 6.68. The zero-order valence-corrected chi connectivity index (χ0v) is 19.0. The highest BCUT2D eigenvalue weighted by Gasteiger charge is 2.46. The number of benzene rings is 1. The standard InChI is InChI=1S/C26H36N2O3/c1-30-23-10-8-18(14-24(23)31-2)9-11-25(29)28-13-5-6-19-15-20-16-21(26(19)28)17-27-12-4-3-7-22(20)27/h8,10,14-15,20-22,26H,3-7,9,11-13,16-17H2,1-2H3/t20-,21-,22+,26+/m0/s1. The molecule has 0 radical (unpaired) electrons. The maximum atomic E-state index is 13.4. The van der Waals surface area contributed by atoms with Gasteiger partial charge in [0.15, 0.2) is 11.5 Å². The Kier molecular flexibility index (Phi) is 5.96. The van der Waals surface area contributed by atoms with Gasteiger partial charge in [-0.1, -0.05) is 24.1 Å². The minimum atomic E-state index is 0.310. The number of aryl methyl sites for hydroxylation is 1. The van der Waals surface area contributed by atoms with Gasteiger partial charge < -0.3 is 14.4 Å². The largest absolute Gasteiger partial charge is 0.493 e. The summed E-state index contributed by atoms with van der Waals surface area (Å²) < 4.78 is 10.8. The first-order chi connectivity index (χ1) is 15.2. The second-order valence-electron chi connectivity index (χ2n) is 9.78. The lowest BCUT2D eigenvalue weighted by Crippen LogP contribution is -2.60. The molecule has 1 amide bonds. The van der Waals surface area contributed by atoms with Gasteiger partial charge in [0, 0.05) is 25.6 Å². The number of piperidine rings is 3. The first kappa shape index (κ1) is 20.9. The summed E-state index contributed by atoms with van der Waals surface area (Å²) in [5, 5.41) is 0. The van der Waals surface area contributed by atoms with Gasteiger partial charge in [-0.3, -0.25) is 9.69 Å². The molecule has 31 heavy (non-hydrogen) atoms. The molecule has 0 saturated carbocycles. The first-order valence-electron chi connectivity index (χ1n) is 12.1. The average molecular weight is 425 g/mol. The maximum absolute atomic E-state index is 13.4. The Labute approximate surface area is 186 Å². The van der Waals surface area contributed by atoms with Crippen molar-refractivity contribution in [2.75, 3.05) is 33.9 Å². The number of rotatable bonds is 5. The SMILES string of the molecule is COc1ccc(CCC(=O)N2CCCC3=C[C@H]4C[C@@H](CN5CCCC[C@H]45)[C@@H]32)cc1OC. The Morgan fingerprint density at radius 1 is 1.10 bits per heavy atom. The minimum absolute atomic E-state index is 0.310. The number of methoxy groups -OCH3 is 2. The van der Waals surface area contributed by atoms with Gasteiger partial charge in [-0.15, -0.1) is 0 Å². The molecule has 168 valence electrons. The van der Waals surface area contributed by atoms with Crippen molar-refractivity contribution in [1.29, 1.82) is 0 Å². The smallest absolute Gasteiger partial charge is 0.223 e. The Morgan fingerprint density at radius 2 is 1.97 bits per heavy atom. The zero-order valence-electron chi connectivity index (χ0n) is 19.0. The van der Waals surface area contributed by atoms with Crippen molar-refractivity contribution in [3.05, 3.63) is 35.4 Å². The molecule has 3 heterocycles. The highest BCUT2D eigenvalue weighted by Crippen LogP contribution is 2.45. The number of amides is 1. The van der Waals surface area contributed by atoms with E-state index in [9.17, 15) is 4.79 Å². The van der Waals surface area contributed by atoms with E-state index in [-0.39, 0.29) is 0 Å². The molecule has 0 unspecified atom stereocenters. The van der Waals surface area contributed by atoms with Gasteiger partial charge in [-0.2, -0.15) is 0 Å². The first-order valence-corrected chi connectivity index (χ1v) is 12.1. The van der Waals surface area contributed by atoms with Crippen LogP contribution in [0, 0.1) is 11.8 Å². The van der Waals surface area contributed by atoms with E-state index < -0.39 is 0 Å². The highest BCUT2D eigenvalue weighted by atomic mass is 16.5. The quantitative estimate of drug-likeness (QED) is 0.669. The van der Waals surface area contributed by atoms with Crippen LogP contribution in [0.25, 0.3) is 0 Å². The van der Waals surface area contributed by atoms with Crippen molar-refractivity contribution in [3.63, 3.8) is 0 Å². The van der Waals surface area contributed by atoms with Gasteiger partial charge in [0.1, 0.15) is 0 Å². The average Bonchev–Trinajstić information content (AvgIpc) is 2.82. The van der Waals surface area contributed by atoms with Crippen LogP contribution in [-0.2, 0) is 11.2 Å². The number of fused-ring (bicyclic) bond motifs is 6. The molecule has 4 aliphatic rings. The van der Waals surface area contributed by atoms with Gasteiger partial charge in [0.05, 0.1) is 20.3 Å². The molecular formula is C26H36N2O3. The normalized spacial score (nSPS) is 30.1. The van der Waals surface area contributed by atoms with Crippen LogP contribution in [0.2, 0.25) is 0 Å². The molecule has 1 aliphatic carbocycles. The maximum Gasteiger partial charge on any atom is 0.223 e. The molecule has 0 spiro atoms. The second kappa shape index (κ2) is 8.85. The summed E-state index contributed by atoms with van der Waals surface area (Å²) in [6.07, 6.45) is 11.5. The van der Waals surface area contributed by atoms with E-state index in [0.717, 1.165) is 42.5 Å². The summed E-state index contributed by atoms with van der Waals surface area (Å²) in [7, 11) is 3.30. The van der Waals surface area contributed by atoms with Crippen LogP contribution in [-0.4, -0.2) is 61.6 Å². The van der Waals surface area contributed by atoms with E-state index in [2.05, 4.69) is 15.9 Å². The van der Waals surface area contributed by atoms with Gasteiger partial charge >= 0.3 is 0 Å². The Balaban J connectivity index is 1.29. The molecule has 3 fully saturated rings. The van der Waals surface area contributed by atoms with E-state index >= 15 is 0 Å². The van der Waals surface area contributed by atoms with Crippen LogP contribution in [0.5, 0.6) is 11.5 Å². The fraction of sp³-hybridized carbons (Fsp3) is 0.654. The Bertz CT molecular complexity index is 851. The van der Waals surface area contributed by atoms with Crippen molar-refractivity contribution in [2.24, 2.45) is 11.8 Å². The predicted octanol–water partition coefficient (Wildman–Crippen LogP) is 4.06. The van der Waals surface area contributed by atoms with Crippen LogP contribution in [0.1, 0.15) is 50.5 Å². The summed E-state index contributed by atoms with van der Waals surface area (Å²) in [6.45, 7) is 3.35. The topological polar surface area (TPSA) is 42.0 Å². The fourth-order valence-corrected chi connectivity index (χ4v) is 6.68. The number of hydrogen-bond donors (Lipinski definition) is 0. The summed E-state index contributed by atoms with van der Waals surface area (Å²) >= 11 is 0. The number of ether oxygens (including phenoxy) is 2. The van der Waals surface area contributed by atoms with Gasteiger partial charge in [-0.05, 0) is 74.6 Å². The Morgan fingerprint density at radius 3 is 2.81 bits per heavy atom. The summed E-state index contributed by atoms with van der Waals surface area (Å²) in [5.74, 6) is 3.10. The second-order valence-corrected chi connectivity index (χ2v) is 9.78. The number of hydrogen-bond acceptors (Lipinski definition) is 4. The van der Waals surface area contributed by atoms with Gasteiger partial charge in [-0.25, -0.2) is 0 Å². The van der Waals surface area contributed by atoms with E-state index in [4.69, 9.17) is 9.47 Å². The van der Waals surface area contributed by atoms with Crippen molar-refractivity contribution in [2.45, 2.75) is 63.5 Å². The molecule has 1 aromatic carbocycles. The molecule has 5 nitrogen and oxygen atoms in total. The molecule has 4 atom stereocenters. The van der Waals surface area contributed by atoms with E-state index in [1.54, 1.807) is 19.8 Å². The summed E-state index contributed by atoms with van der Waals surface area (Å²) in [4.78, 5) is 18.4. The molecule has 2 bridgehead atoms. The van der Waals surface area contributed by atoms with Crippen LogP contribution in [0.4, 0.5) is 0 Å². The monoisotopic (exact) mass is 424 g/mol. The van der Waals surface area contributed by atoms with Crippen LogP contribution >= 0.6 is 0 Å². The molecule has 5 heteroatoms. The number of nitrogens with zero attached hydrogens (tertiary/aromatic N) is 2. The van der Waals surface area contributed by atoms with Crippen LogP contribution in [0.15, 0.2) is 29.8 Å². The summed E-state index contributed by atoms with van der Waals surface area (Å²) in [5.41, 5.74) is 2.69. The minimum Gasteiger partial charge on any atom is -0.493 e. The van der Waals surface area contributed by atoms with E-state index in [0.29, 0.717) is 30.2 Å². The van der Waals surface area contributed by atoms with E-state index in [1.165, 1.54) is 45.2 Å². The molecule has 1 aromatic rings. The summed E-state index contributed by atoms with van der Waals surface area (Å²) in [6, 6.07) is 7.06. The van der Waals surface area contributed by atoms with Crippen LogP contribution < -0.4 is 9.47 Å². The van der Waals surface area contributed by atoms with Crippen molar-refractivity contribution in [1.82, 2.24) is 9.80 Å². The molecule has 5 rings (SSSR count). The molecule has 3 saturated heterocycles. The lowest BCUT2D eigenvalue weighted by Gasteiger charge is -2.54. The third-order valence-corrected chi connectivity index (χ3v) is 8.05. The van der Waals surface area contributed by atoms with Gasteiger partial charge in [0.2, 0.25) is 5.91 Å². The van der Waals surface area contributed by atoms with Crippen LogP contribution in [0.3, 0.4) is 0 Å². The highest BCUT2D eigenvalue weighted by molar-refractivity contribution is 5.77. The predicted molar refractivity (Wildman–Crippen MR) is 121 cm³/mol. The van der Waals surface area contributed by atoms with Crippen molar-refractivity contribution < 1.29 is 14.3 Å². The molecule has 0 aromatic heterocycles. The lowest BCUT2D eigenvalue weighted by molar-refractivity contribution is -0.136. The molecular weight excluding hydrogens is 388 g/mol. The number of likely N-dealkylation sites (tertiary alicyclic amines) is 1. The number of carbonyl (C=O) groups excluding carboxylic acids is 1. The van der Waals surface area contributed by atoms with Crippen molar-refractivity contribution >= 4 is 5.91 Å². The third-order valence-electron chi connectivity index (χ3n) is 8.05. The number of carbonyl (C=O) groups is 1. The third kappa shape index (κ3) is 3.97. The lowest BCUT2D eigenvalue weighted by atomic mass is 9.68. The zero-order chi connectivity index (χ0) is 21.4. The van der Waals surface area contributed by atoms with Gasteiger partial charge in [0.25, 0.3) is 0 Å². The molecule has 3 aliphatic heterocycles. The van der Waals surface area contributed by atoms with E-state index in [1.807, 2.05) is 18.2 Å². The Hall–Kier alpha value is -2.01.